The number of carboxylic acid groups (broad SMARTS) is 1. The van der Waals surface area contributed by atoms with Crippen LogP contribution in [0.2, 0.25) is 0 Å². The van der Waals surface area contributed by atoms with Crippen LogP contribution in [0.3, 0.4) is 0 Å². The van der Waals surface area contributed by atoms with E-state index in [9.17, 15) is 19.5 Å². The lowest BCUT2D eigenvalue weighted by atomic mass is 9.89. The monoisotopic (exact) mass is 484 g/mol. The Balaban J connectivity index is 1.59. The van der Waals surface area contributed by atoms with Crippen LogP contribution in [0.25, 0.3) is 11.1 Å². The maximum Gasteiger partial charge on any atom is 0.407 e. The molecule has 7 nitrogen and oxygen atoms in total. The predicted molar refractivity (Wildman–Crippen MR) is 134 cm³/mol. The van der Waals surface area contributed by atoms with Crippen LogP contribution in [-0.2, 0) is 14.3 Å². The van der Waals surface area contributed by atoms with E-state index in [0.29, 0.717) is 12.2 Å². The van der Waals surface area contributed by atoms with E-state index >= 15 is 0 Å². The van der Waals surface area contributed by atoms with Crippen LogP contribution in [-0.4, -0.2) is 54.3 Å². The van der Waals surface area contributed by atoms with Gasteiger partial charge in [-0.15, -0.1) is 0 Å². The van der Waals surface area contributed by atoms with Crippen LogP contribution in [0, 0.1) is 5.41 Å². The molecule has 2 amide bonds. The minimum absolute atomic E-state index is 0.0603. The zero-order valence-electron chi connectivity index (χ0n) is 19.8. The molecule has 0 radical (unpaired) electrons. The van der Waals surface area contributed by atoms with Gasteiger partial charge >= 0.3 is 12.1 Å². The molecule has 0 saturated heterocycles. The quantitative estimate of drug-likeness (QED) is 0.440. The van der Waals surface area contributed by atoms with Gasteiger partial charge in [0.1, 0.15) is 12.6 Å². The zero-order valence-corrected chi connectivity index (χ0v) is 20.6. The molecular weight excluding hydrogens is 452 g/mol. The second-order valence-corrected chi connectivity index (χ2v) is 10.0. The number of alkyl carbamates (subject to hydrolysis) is 1. The van der Waals surface area contributed by atoms with E-state index in [0.717, 1.165) is 22.3 Å². The smallest absolute Gasteiger partial charge is 0.407 e. The Labute approximate surface area is 204 Å². The number of amides is 2. The van der Waals surface area contributed by atoms with Crippen LogP contribution in [0.4, 0.5) is 4.79 Å². The second-order valence-electron chi connectivity index (χ2n) is 9.03. The summed E-state index contributed by atoms with van der Waals surface area (Å²) >= 11 is 1.57. The Morgan fingerprint density at radius 2 is 1.65 bits per heavy atom. The average Bonchev–Trinajstić information content (AvgIpc) is 3.14. The van der Waals surface area contributed by atoms with Gasteiger partial charge in [-0.1, -0.05) is 48.5 Å². The number of benzene rings is 2. The van der Waals surface area contributed by atoms with E-state index in [1.165, 1.54) is 0 Å². The number of carbonyl (C=O) groups is 3. The van der Waals surface area contributed by atoms with E-state index in [4.69, 9.17) is 4.74 Å². The predicted octanol–water partition coefficient (Wildman–Crippen LogP) is 4.26. The number of hydrogen-bond acceptors (Lipinski definition) is 5. The fourth-order valence-corrected chi connectivity index (χ4v) is 4.49. The number of carboxylic acids is 1. The first-order valence-corrected chi connectivity index (χ1v) is 12.8. The van der Waals surface area contributed by atoms with Crippen LogP contribution in [0.5, 0.6) is 0 Å². The van der Waals surface area contributed by atoms with Crippen molar-refractivity contribution in [1.82, 2.24) is 10.6 Å². The number of carbonyl (C=O) groups excluding carboxylic acids is 2. The Hall–Kier alpha value is -3.00. The van der Waals surface area contributed by atoms with Gasteiger partial charge < -0.3 is 20.5 Å². The van der Waals surface area contributed by atoms with Crippen molar-refractivity contribution in [1.29, 1.82) is 0 Å². The molecule has 1 aliphatic rings. The highest BCUT2D eigenvalue weighted by atomic mass is 32.2. The third kappa shape index (κ3) is 6.11. The van der Waals surface area contributed by atoms with Gasteiger partial charge in [0.05, 0.1) is 5.41 Å². The summed E-state index contributed by atoms with van der Waals surface area (Å²) in [6.45, 7) is 3.60. The molecule has 3 rings (SSSR count). The Kier molecular flexibility index (Phi) is 8.61. The molecule has 0 heterocycles. The number of ether oxygens (including phenoxy) is 1. The minimum atomic E-state index is -0.942. The highest BCUT2D eigenvalue weighted by Gasteiger charge is 2.30. The van der Waals surface area contributed by atoms with E-state index in [2.05, 4.69) is 34.9 Å². The summed E-state index contributed by atoms with van der Waals surface area (Å²) in [5.41, 5.74) is 3.59. The first-order valence-electron chi connectivity index (χ1n) is 11.4. The number of nitrogens with one attached hydrogen (secondary N) is 2. The van der Waals surface area contributed by atoms with Crippen LogP contribution < -0.4 is 10.6 Å². The molecule has 1 atom stereocenters. The van der Waals surface area contributed by atoms with Gasteiger partial charge in [0.2, 0.25) is 5.91 Å². The third-order valence-corrected chi connectivity index (χ3v) is 6.84. The lowest BCUT2D eigenvalue weighted by Gasteiger charge is -2.22. The van der Waals surface area contributed by atoms with E-state index in [-0.39, 0.29) is 31.4 Å². The summed E-state index contributed by atoms with van der Waals surface area (Å²) in [5.74, 6) is -0.640. The van der Waals surface area contributed by atoms with Gasteiger partial charge in [0.25, 0.3) is 0 Å². The molecule has 2 aromatic carbocycles. The number of fused-ring (bicyclic) bond motifs is 3. The molecule has 0 aromatic heterocycles. The molecule has 8 heteroatoms. The maximum absolute atomic E-state index is 12.7. The zero-order chi connectivity index (χ0) is 24.7. The highest BCUT2D eigenvalue weighted by Crippen LogP contribution is 2.44. The van der Waals surface area contributed by atoms with Gasteiger partial charge in [-0.05, 0) is 61.0 Å². The van der Waals surface area contributed by atoms with Crippen LogP contribution in [0.1, 0.15) is 43.7 Å². The van der Waals surface area contributed by atoms with Gasteiger partial charge in [-0.3, -0.25) is 9.59 Å². The van der Waals surface area contributed by atoms with E-state index in [1.54, 1.807) is 25.6 Å². The fraction of sp³-hybridized carbons (Fsp3) is 0.423. The van der Waals surface area contributed by atoms with Gasteiger partial charge in [0.15, 0.2) is 0 Å². The van der Waals surface area contributed by atoms with Crippen molar-refractivity contribution in [3.8, 4) is 11.1 Å². The lowest BCUT2D eigenvalue weighted by Crippen LogP contribution is -2.48. The third-order valence-electron chi connectivity index (χ3n) is 6.19. The lowest BCUT2D eigenvalue weighted by molar-refractivity contribution is -0.147. The highest BCUT2D eigenvalue weighted by molar-refractivity contribution is 7.98. The van der Waals surface area contributed by atoms with Crippen molar-refractivity contribution in [2.75, 3.05) is 25.2 Å². The fourth-order valence-electron chi connectivity index (χ4n) is 4.02. The summed E-state index contributed by atoms with van der Waals surface area (Å²) in [6.07, 6.45) is 2.01. The molecule has 0 fully saturated rings. The molecular formula is C26H32N2O5S. The largest absolute Gasteiger partial charge is 0.481 e. The summed E-state index contributed by atoms with van der Waals surface area (Å²) in [6, 6.07) is 15.4. The van der Waals surface area contributed by atoms with Crippen molar-refractivity contribution in [2.45, 2.75) is 38.6 Å². The summed E-state index contributed by atoms with van der Waals surface area (Å²) in [4.78, 5) is 36.6. The normalized spacial score (nSPS) is 13.5. The first kappa shape index (κ1) is 25.6. The number of rotatable bonds is 11. The number of thioether (sulfide) groups is 1. The summed E-state index contributed by atoms with van der Waals surface area (Å²) in [7, 11) is 0. The van der Waals surface area contributed by atoms with Crippen molar-refractivity contribution in [2.24, 2.45) is 5.41 Å². The van der Waals surface area contributed by atoms with Crippen molar-refractivity contribution in [3.63, 3.8) is 0 Å². The molecule has 0 unspecified atom stereocenters. The molecule has 0 saturated carbocycles. The Morgan fingerprint density at radius 1 is 1.06 bits per heavy atom. The molecule has 0 spiro atoms. The molecule has 0 bridgehead atoms. The molecule has 3 N–H and O–H groups in total. The van der Waals surface area contributed by atoms with Gasteiger partial charge in [0, 0.05) is 12.5 Å². The molecule has 2 aromatic rings. The molecule has 0 aliphatic heterocycles. The van der Waals surface area contributed by atoms with Crippen LogP contribution in [0.15, 0.2) is 48.5 Å². The minimum Gasteiger partial charge on any atom is -0.481 e. The summed E-state index contributed by atoms with van der Waals surface area (Å²) in [5, 5.41) is 14.7. The van der Waals surface area contributed by atoms with Crippen molar-refractivity contribution < 1.29 is 24.2 Å². The molecule has 182 valence electrons. The molecule has 34 heavy (non-hydrogen) atoms. The SMILES string of the molecule is CSCC[C@@H](NC(=O)OCC1c2ccccc2-c2ccccc21)C(=O)NCCC(C)(C)C(=O)O. The Bertz CT molecular complexity index is 994. The van der Waals surface area contributed by atoms with Crippen LogP contribution >= 0.6 is 11.8 Å². The average molecular weight is 485 g/mol. The van der Waals surface area contributed by atoms with Crippen molar-refractivity contribution in [3.05, 3.63) is 59.7 Å². The summed E-state index contributed by atoms with van der Waals surface area (Å²) < 4.78 is 5.58. The topological polar surface area (TPSA) is 105 Å². The molecule has 1 aliphatic carbocycles. The maximum atomic E-state index is 12.7. The number of hydrogen-bond donors (Lipinski definition) is 3. The second kappa shape index (κ2) is 11.4. The van der Waals surface area contributed by atoms with E-state index < -0.39 is 23.5 Å². The standard InChI is InChI=1S/C26H32N2O5S/c1-26(2,24(30)31)13-14-27-23(29)22(12-15-34-3)28-25(32)33-16-21-19-10-6-4-8-17(19)18-9-5-7-11-20(18)21/h4-11,21-22H,12-16H2,1-3H3,(H,27,29)(H,28,32)(H,30,31)/t22-/m1/s1. The number of aliphatic carboxylic acids is 1. The van der Waals surface area contributed by atoms with Gasteiger partial charge in [-0.2, -0.15) is 11.8 Å². The van der Waals surface area contributed by atoms with Crippen molar-refractivity contribution >= 4 is 29.7 Å². The van der Waals surface area contributed by atoms with Gasteiger partial charge in [-0.25, -0.2) is 4.79 Å². The first-order chi connectivity index (χ1) is 16.2. The Morgan fingerprint density at radius 3 is 2.21 bits per heavy atom. The van der Waals surface area contributed by atoms with E-state index in [1.807, 2.05) is 30.5 Å².